The first-order valence-electron chi connectivity index (χ1n) is 3.94. The molecular formula is C8H15NO4. The Morgan fingerprint density at radius 3 is 2.15 bits per heavy atom. The summed E-state index contributed by atoms with van der Waals surface area (Å²) in [4.78, 5) is 21.3. The Labute approximate surface area is 77.1 Å². The zero-order chi connectivity index (χ0) is 10.6. The standard InChI is InChI=1S/C8H15NO4/c1-5(6(10)11)9-7(12)13-8(2,3)4/h5H,1-4H3,(H,9,12)(H,10,11)/t5-/m0/s1/i6+1. The van der Waals surface area contributed by atoms with Crippen molar-refractivity contribution in [3.63, 3.8) is 0 Å². The summed E-state index contributed by atoms with van der Waals surface area (Å²) in [7, 11) is 0. The van der Waals surface area contributed by atoms with Crippen LogP contribution in [0.5, 0.6) is 0 Å². The molecule has 76 valence electrons. The number of rotatable bonds is 2. The maximum absolute atomic E-state index is 11.0. The number of hydrogen-bond donors (Lipinski definition) is 2. The minimum absolute atomic E-state index is 0.609. The highest BCUT2D eigenvalue weighted by Crippen LogP contribution is 2.06. The summed E-state index contributed by atoms with van der Waals surface area (Å²) in [6.45, 7) is 6.49. The molecule has 0 aliphatic rings. The van der Waals surface area contributed by atoms with Gasteiger partial charge in [0, 0.05) is 0 Å². The van der Waals surface area contributed by atoms with Crippen LogP contribution in [0.25, 0.3) is 0 Å². The highest BCUT2D eigenvalue weighted by atomic mass is 16.6. The van der Waals surface area contributed by atoms with E-state index >= 15 is 0 Å². The molecule has 0 rings (SSSR count). The van der Waals surface area contributed by atoms with Crippen molar-refractivity contribution in [3.8, 4) is 0 Å². The number of hydrogen-bond acceptors (Lipinski definition) is 3. The van der Waals surface area contributed by atoms with Gasteiger partial charge in [0.1, 0.15) is 11.6 Å². The largest absolute Gasteiger partial charge is 0.480 e. The second-order valence-electron chi connectivity index (χ2n) is 3.71. The molecule has 0 fully saturated rings. The number of carboxylic acid groups (broad SMARTS) is 1. The molecule has 0 unspecified atom stereocenters. The van der Waals surface area contributed by atoms with Gasteiger partial charge >= 0.3 is 12.1 Å². The zero-order valence-electron chi connectivity index (χ0n) is 8.25. The summed E-state index contributed by atoms with van der Waals surface area (Å²) in [5.41, 5.74) is -0.609. The fourth-order valence-corrected chi connectivity index (χ4v) is 0.546. The molecule has 0 saturated carbocycles. The molecule has 0 aromatic carbocycles. The van der Waals surface area contributed by atoms with Gasteiger partial charge in [-0.15, -0.1) is 0 Å². The summed E-state index contributed by atoms with van der Waals surface area (Å²) in [5.74, 6) is -1.09. The van der Waals surface area contributed by atoms with Gasteiger partial charge in [-0.05, 0) is 27.7 Å². The molecule has 0 aromatic heterocycles. The Morgan fingerprint density at radius 1 is 1.38 bits per heavy atom. The Balaban J connectivity index is 3.96. The normalized spacial score (nSPS) is 13.2. The number of aliphatic carboxylic acids is 1. The Kier molecular flexibility index (Phi) is 3.71. The minimum atomic E-state index is -1.09. The molecular weight excluding hydrogens is 175 g/mol. The number of alkyl carbamates (subject to hydrolysis) is 1. The number of amides is 1. The smallest absolute Gasteiger partial charge is 0.408 e. The fourth-order valence-electron chi connectivity index (χ4n) is 0.546. The van der Waals surface area contributed by atoms with Gasteiger partial charge in [0.25, 0.3) is 0 Å². The van der Waals surface area contributed by atoms with E-state index in [1.54, 1.807) is 20.8 Å². The maximum Gasteiger partial charge on any atom is 0.408 e. The molecule has 0 aliphatic heterocycles. The molecule has 0 spiro atoms. The second kappa shape index (κ2) is 4.11. The van der Waals surface area contributed by atoms with Crippen molar-refractivity contribution in [2.45, 2.75) is 39.3 Å². The lowest BCUT2D eigenvalue weighted by Gasteiger charge is -2.20. The van der Waals surface area contributed by atoms with E-state index in [9.17, 15) is 9.59 Å². The van der Waals surface area contributed by atoms with Crippen molar-refractivity contribution < 1.29 is 19.4 Å². The molecule has 0 aromatic rings. The molecule has 5 heteroatoms. The van der Waals surface area contributed by atoms with Crippen LogP contribution in [0, 0.1) is 0 Å². The average Bonchev–Trinajstić information content (AvgIpc) is 1.81. The Morgan fingerprint density at radius 2 is 1.85 bits per heavy atom. The van der Waals surface area contributed by atoms with Crippen LogP contribution in [0.2, 0.25) is 0 Å². The van der Waals surface area contributed by atoms with Crippen molar-refractivity contribution in [1.82, 2.24) is 5.32 Å². The van der Waals surface area contributed by atoms with Gasteiger partial charge in [0.05, 0.1) is 0 Å². The molecule has 0 heterocycles. The molecule has 0 saturated heterocycles. The van der Waals surface area contributed by atoms with E-state index in [-0.39, 0.29) is 0 Å². The lowest BCUT2D eigenvalue weighted by molar-refractivity contribution is -0.139. The number of nitrogens with one attached hydrogen (secondary N) is 1. The Bertz CT molecular complexity index is 207. The van der Waals surface area contributed by atoms with E-state index in [1.165, 1.54) is 6.92 Å². The van der Waals surface area contributed by atoms with Gasteiger partial charge in [0.2, 0.25) is 0 Å². The predicted molar refractivity (Wildman–Crippen MR) is 46.5 cm³/mol. The summed E-state index contributed by atoms with van der Waals surface area (Å²) >= 11 is 0. The molecule has 5 nitrogen and oxygen atoms in total. The van der Waals surface area contributed by atoms with Gasteiger partial charge < -0.3 is 15.2 Å². The van der Waals surface area contributed by atoms with E-state index < -0.39 is 23.7 Å². The van der Waals surface area contributed by atoms with Gasteiger partial charge in [-0.2, -0.15) is 0 Å². The Hall–Kier alpha value is -1.26. The number of carbonyl (C=O) groups excluding carboxylic acids is 1. The van der Waals surface area contributed by atoms with Crippen molar-refractivity contribution in [2.75, 3.05) is 0 Å². The highest BCUT2D eigenvalue weighted by Gasteiger charge is 2.20. The van der Waals surface area contributed by atoms with E-state index in [2.05, 4.69) is 5.32 Å². The first kappa shape index (κ1) is 11.7. The predicted octanol–water partition coefficient (Wildman–Crippen LogP) is 0.984. The van der Waals surface area contributed by atoms with E-state index in [1.807, 2.05) is 0 Å². The van der Waals surface area contributed by atoms with Crippen LogP contribution in [0.3, 0.4) is 0 Å². The second-order valence-corrected chi connectivity index (χ2v) is 3.71. The summed E-state index contributed by atoms with van der Waals surface area (Å²) in [6, 6.07) is -0.935. The summed E-state index contributed by atoms with van der Waals surface area (Å²) < 4.78 is 4.85. The lowest BCUT2D eigenvalue weighted by atomic mass is 10.2. The molecule has 13 heavy (non-hydrogen) atoms. The van der Waals surface area contributed by atoms with Crippen LogP contribution in [-0.2, 0) is 9.53 Å². The monoisotopic (exact) mass is 190 g/mol. The maximum atomic E-state index is 11.0. The molecule has 1 atom stereocenters. The molecule has 2 N–H and O–H groups in total. The van der Waals surface area contributed by atoms with Crippen molar-refractivity contribution in [1.29, 1.82) is 0 Å². The van der Waals surface area contributed by atoms with Crippen LogP contribution in [0.15, 0.2) is 0 Å². The first-order chi connectivity index (χ1) is 5.72. The van der Waals surface area contributed by atoms with Crippen LogP contribution in [-0.4, -0.2) is 28.8 Å². The molecule has 0 bridgehead atoms. The quantitative estimate of drug-likeness (QED) is 0.636. The lowest BCUT2D eigenvalue weighted by Crippen LogP contribution is -2.41. The van der Waals surface area contributed by atoms with E-state index in [0.29, 0.717) is 0 Å². The van der Waals surface area contributed by atoms with E-state index in [4.69, 9.17) is 9.84 Å². The van der Waals surface area contributed by atoms with Crippen LogP contribution >= 0.6 is 0 Å². The van der Waals surface area contributed by atoms with E-state index in [0.717, 1.165) is 0 Å². The minimum Gasteiger partial charge on any atom is -0.480 e. The van der Waals surface area contributed by atoms with Gasteiger partial charge in [-0.1, -0.05) is 0 Å². The van der Waals surface area contributed by atoms with Crippen molar-refractivity contribution >= 4 is 12.1 Å². The third-order valence-electron chi connectivity index (χ3n) is 1.10. The zero-order valence-corrected chi connectivity index (χ0v) is 8.25. The molecule has 1 amide bonds. The highest BCUT2D eigenvalue weighted by molar-refractivity contribution is 5.79. The van der Waals surface area contributed by atoms with Crippen LogP contribution < -0.4 is 5.32 Å². The molecule has 0 radical (unpaired) electrons. The summed E-state index contributed by atoms with van der Waals surface area (Å²) in [5, 5.41) is 10.6. The third-order valence-corrected chi connectivity index (χ3v) is 1.10. The topological polar surface area (TPSA) is 75.6 Å². The fraction of sp³-hybridized carbons (Fsp3) is 0.750. The van der Waals surface area contributed by atoms with Crippen molar-refractivity contribution in [2.24, 2.45) is 0 Å². The van der Waals surface area contributed by atoms with Crippen LogP contribution in [0.4, 0.5) is 4.79 Å². The summed E-state index contributed by atoms with van der Waals surface area (Å²) in [6.07, 6.45) is -0.720. The number of carbonyl (C=O) groups is 2. The number of carboxylic acids is 1. The molecule has 0 aliphatic carbocycles. The van der Waals surface area contributed by atoms with Gasteiger partial charge in [-0.3, -0.25) is 4.79 Å². The van der Waals surface area contributed by atoms with Crippen molar-refractivity contribution in [3.05, 3.63) is 0 Å². The third kappa shape index (κ3) is 5.95. The SMILES string of the molecule is C[C@H](NC(=O)OC(C)(C)C)[13C](=O)O. The number of ether oxygens (including phenoxy) is 1. The average molecular weight is 190 g/mol. The first-order valence-corrected chi connectivity index (χ1v) is 3.94. The van der Waals surface area contributed by atoms with Gasteiger partial charge in [0.15, 0.2) is 0 Å². The van der Waals surface area contributed by atoms with Crippen LogP contribution in [0.1, 0.15) is 27.7 Å². The van der Waals surface area contributed by atoms with Gasteiger partial charge in [-0.25, -0.2) is 4.79 Å².